The number of rotatable bonds is 2. The molecule has 8 heteroatoms. The molecule has 2 aromatic heterocycles. The van der Waals surface area contributed by atoms with E-state index < -0.39 is 12.6 Å². The van der Waals surface area contributed by atoms with Gasteiger partial charge in [0.1, 0.15) is 17.0 Å². The van der Waals surface area contributed by atoms with Crippen LogP contribution in [0.25, 0.3) is 10.2 Å². The molecule has 0 amide bonds. The Morgan fingerprint density at radius 1 is 1.28 bits per heavy atom. The van der Waals surface area contributed by atoms with Crippen molar-refractivity contribution in [3.8, 4) is 0 Å². The van der Waals surface area contributed by atoms with Gasteiger partial charge in [0.2, 0.25) is 0 Å². The van der Waals surface area contributed by atoms with E-state index in [-0.39, 0.29) is 0 Å². The second-order valence-corrected chi connectivity index (χ2v) is 7.38. The number of fused-ring (bicyclic) bond motifs is 2. The van der Waals surface area contributed by atoms with E-state index in [0.29, 0.717) is 21.7 Å². The number of hydrogen-bond acceptors (Lipinski definition) is 5. The highest BCUT2D eigenvalue weighted by atomic mass is 32.1. The Labute approximate surface area is 149 Å². The number of hydrogen-bond donors (Lipinski definition) is 1. The van der Waals surface area contributed by atoms with E-state index in [9.17, 15) is 13.2 Å². The Morgan fingerprint density at radius 3 is 2.84 bits per heavy atom. The van der Waals surface area contributed by atoms with Gasteiger partial charge in [0.15, 0.2) is 0 Å². The maximum atomic E-state index is 12.6. The fourth-order valence-electron chi connectivity index (χ4n) is 3.67. The summed E-state index contributed by atoms with van der Waals surface area (Å²) in [7, 11) is 0. The van der Waals surface area contributed by atoms with Gasteiger partial charge in [0, 0.05) is 24.0 Å². The Hall–Kier alpha value is -1.41. The Morgan fingerprint density at radius 2 is 2.08 bits per heavy atom. The Kier molecular flexibility index (Phi) is 5.48. The van der Waals surface area contributed by atoms with Gasteiger partial charge in [0.25, 0.3) is 0 Å². The van der Waals surface area contributed by atoms with Crippen molar-refractivity contribution < 1.29 is 13.2 Å². The van der Waals surface area contributed by atoms with Crippen molar-refractivity contribution in [2.45, 2.75) is 45.3 Å². The Balaban J connectivity index is 0.000000880. The molecule has 0 bridgehead atoms. The molecule has 0 aromatic carbocycles. The summed E-state index contributed by atoms with van der Waals surface area (Å²) in [6.07, 6.45) is -1.43. The summed E-state index contributed by atoms with van der Waals surface area (Å²) >= 11 is 1.11. The van der Waals surface area contributed by atoms with Crippen LogP contribution in [-0.4, -0.2) is 41.8 Å². The van der Waals surface area contributed by atoms with Gasteiger partial charge in [-0.1, -0.05) is 13.8 Å². The maximum Gasteiger partial charge on any atom is 0.393 e. The summed E-state index contributed by atoms with van der Waals surface area (Å²) in [6.45, 7) is 6.84. The van der Waals surface area contributed by atoms with Crippen LogP contribution in [0.2, 0.25) is 0 Å². The molecule has 2 aliphatic rings. The second-order valence-electron chi connectivity index (χ2n) is 6.26. The number of anilines is 1. The molecular formula is C17H23F3N4S. The van der Waals surface area contributed by atoms with Gasteiger partial charge < -0.3 is 10.2 Å². The van der Waals surface area contributed by atoms with Gasteiger partial charge in [-0.3, -0.25) is 0 Å². The van der Waals surface area contributed by atoms with Gasteiger partial charge in [-0.15, -0.1) is 11.3 Å². The lowest BCUT2D eigenvalue weighted by Gasteiger charge is -2.35. The molecule has 25 heavy (non-hydrogen) atoms. The van der Waals surface area contributed by atoms with Crippen LogP contribution < -0.4 is 10.2 Å². The summed E-state index contributed by atoms with van der Waals surface area (Å²) in [6, 6.07) is 2.19. The van der Waals surface area contributed by atoms with Gasteiger partial charge >= 0.3 is 6.18 Å². The summed E-state index contributed by atoms with van der Waals surface area (Å²) in [5, 5.41) is 4.27. The molecule has 2 aliphatic heterocycles. The minimum Gasteiger partial charge on any atom is -0.356 e. The minimum atomic E-state index is -4.19. The van der Waals surface area contributed by atoms with Crippen molar-refractivity contribution in [3.63, 3.8) is 0 Å². The summed E-state index contributed by atoms with van der Waals surface area (Å²) in [5.41, 5.74) is 0. The standard InChI is InChI=1S/C15H17F3N4S.C2H6/c16-15(17,18)6-10-5-11-13(20-8-21-14(11)23-10)22-4-2-12-9(7-22)1-3-19-12;1-2/h5,8-9,12,19H,1-4,6-7H2;1-2H3/t9-,12?;/m0./s1. The highest BCUT2D eigenvalue weighted by molar-refractivity contribution is 7.18. The monoisotopic (exact) mass is 372 g/mol. The molecule has 1 unspecified atom stereocenters. The number of nitrogens with zero attached hydrogens (tertiary/aromatic N) is 3. The number of thiophene rings is 1. The predicted octanol–water partition coefficient (Wildman–Crippen LogP) is 4.01. The normalized spacial score (nSPS) is 23.3. The van der Waals surface area contributed by atoms with Crippen LogP contribution in [-0.2, 0) is 6.42 Å². The van der Waals surface area contributed by atoms with Crippen molar-refractivity contribution in [3.05, 3.63) is 17.3 Å². The second kappa shape index (κ2) is 7.45. The highest BCUT2D eigenvalue weighted by Crippen LogP contribution is 2.35. The molecule has 0 aliphatic carbocycles. The summed E-state index contributed by atoms with van der Waals surface area (Å²) in [4.78, 5) is 11.7. The van der Waals surface area contributed by atoms with E-state index in [1.807, 2.05) is 13.8 Å². The molecule has 1 N–H and O–H groups in total. The van der Waals surface area contributed by atoms with Crippen LogP contribution in [0, 0.1) is 5.92 Å². The smallest absolute Gasteiger partial charge is 0.356 e. The predicted molar refractivity (Wildman–Crippen MR) is 95.2 cm³/mol. The molecule has 0 radical (unpaired) electrons. The molecule has 0 saturated carbocycles. The fraction of sp³-hybridized carbons (Fsp3) is 0.647. The third kappa shape index (κ3) is 4.06. The average molecular weight is 372 g/mol. The van der Waals surface area contributed by atoms with Crippen LogP contribution in [0.3, 0.4) is 0 Å². The number of aromatic nitrogens is 2. The molecule has 2 aromatic rings. The van der Waals surface area contributed by atoms with Crippen molar-refractivity contribution >= 4 is 27.4 Å². The minimum absolute atomic E-state index is 0.298. The van der Waals surface area contributed by atoms with Gasteiger partial charge in [-0.25, -0.2) is 9.97 Å². The molecule has 2 atom stereocenters. The number of nitrogens with one attached hydrogen (secondary N) is 1. The maximum absolute atomic E-state index is 12.6. The lowest BCUT2D eigenvalue weighted by Crippen LogP contribution is -2.44. The molecule has 4 heterocycles. The zero-order chi connectivity index (χ0) is 18.0. The molecule has 4 nitrogen and oxygen atoms in total. The van der Waals surface area contributed by atoms with Crippen molar-refractivity contribution in [2.75, 3.05) is 24.5 Å². The average Bonchev–Trinajstić information content (AvgIpc) is 3.19. The lowest BCUT2D eigenvalue weighted by atomic mass is 9.93. The van der Waals surface area contributed by atoms with Crippen molar-refractivity contribution in [2.24, 2.45) is 5.92 Å². The van der Waals surface area contributed by atoms with E-state index in [0.717, 1.165) is 55.0 Å². The topological polar surface area (TPSA) is 41.0 Å². The van der Waals surface area contributed by atoms with Gasteiger partial charge in [0.05, 0.1) is 11.8 Å². The molecular weight excluding hydrogens is 349 g/mol. The first-order chi connectivity index (χ1) is 12.0. The van der Waals surface area contributed by atoms with Crippen molar-refractivity contribution in [1.82, 2.24) is 15.3 Å². The lowest BCUT2D eigenvalue weighted by molar-refractivity contribution is -0.126. The van der Waals surface area contributed by atoms with E-state index in [1.54, 1.807) is 6.07 Å². The zero-order valence-corrected chi connectivity index (χ0v) is 15.3. The van der Waals surface area contributed by atoms with Crippen molar-refractivity contribution in [1.29, 1.82) is 0 Å². The zero-order valence-electron chi connectivity index (χ0n) is 14.4. The van der Waals surface area contributed by atoms with E-state index in [1.165, 1.54) is 6.33 Å². The number of halogens is 3. The Bertz CT molecular complexity index is 715. The van der Waals surface area contributed by atoms with E-state index in [2.05, 4.69) is 20.2 Å². The van der Waals surface area contributed by atoms with E-state index in [4.69, 9.17) is 0 Å². The number of piperidine rings is 1. The fourth-order valence-corrected chi connectivity index (χ4v) is 4.69. The van der Waals surface area contributed by atoms with E-state index >= 15 is 0 Å². The SMILES string of the molecule is CC.FC(F)(F)Cc1cc2c(N3CCC4NCC[C@H]4C3)ncnc2s1. The summed E-state index contributed by atoms with van der Waals surface area (Å²) in [5.74, 6) is 1.38. The van der Waals surface area contributed by atoms with Gasteiger partial charge in [-0.05, 0) is 31.4 Å². The summed E-state index contributed by atoms with van der Waals surface area (Å²) < 4.78 is 37.9. The number of alkyl halides is 3. The molecule has 2 fully saturated rings. The first-order valence-electron chi connectivity index (χ1n) is 8.78. The van der Waals surface area contributed by atoms with Crippen LogP contribution in [0.5, 0.6) is 0 Å². The first kappa shape index (κ1) is 18.4. The van der Waals surface area contributed by atoms with Crippen LogP contribution >= 0.6 is 11.3 Å². The largest absolute Gasteiger partial charge is 0.393 e. The van der Waals surface area contributed by atoms with Crippen LogP contribution in [0.1, 0.15) is 31.6 Å². The van der Waals surface area contributed by atoms with Crippen LogP contribution in [0.4, 0.5) is 19.0 Å². The van der Waals surface area contributed by atoms with Crippen LogP contribution in [0.15, 0.2) is 12.4 Å². The molecule has 0 spiro atoms. The third-order valence-electron chi connectivity index (χ3n) is 4.69. The molecule has 2 saturated heterocycles. The quantitative estimate of drug-likeness (QED) is 0.865. The van der Waals surface area contributed by atoms with Gasteiger partial charge in [-0.2, -0.15) is 13.2 Å². The third-order valence-corrected chi connectivity index (χ3v) is 5.73. The molecule has 4 rings (SSSR count). The highest BCUT2D eigenvalue weighted by Gasteiger charge is 2.34. The molecule has 138 valence electrons. The first-order valence-corrected chi connectivity index (χ1v) is 9.60.